The zero-order valence-electron chi connectivity index (χ0n) is 70.1. The molecule has 17 nitrogen and oxygen atoms in total. The Morgan fingerprint density at radius 1 is 0.350 bits per heavy atom. The highest BCUT2D eigenvalue weighted by atomic mass is 19.3. The van der Waals surface area contributed by atoms with Gasteiger partial charge in [-0.3, -0.25) is 0 Å². The van der Waals surface area contributed by atoms with E-state index in [0.717, 1.165) is 128 Å². The van der Waals surface area contributed by atoms with Crippen LogP contribution < -0.4 is 57.4 Å². The molecule has 1 unspecified atom stereocenters. The Balaban J connectivity index is 0.000000101. The fourth-order valence-corrected chi connectivity index (χ4v) is 17.4. The lowest BCUT2D eigenvalue weighted by molar-refractivity contribution is -0.187. The van der Waals surface area contributed by atoms with Gasteiger partial charge in [0.15, 0.2) is 16.8 Å². The van der Waals surface area contributed by atoms with Gasteiger partial charge in [-0.05, 0) is 230 Å². The Morgan fingerprint density at radius 2 is 0.732 bits per heavy atom. The molecule has 1 atom stereocenters. The van der Waals surface area contributed by atoms with Crippen LogP contribution in [-0.4, -0.2) is 83.3 Å². The molecule has 626 valence electrons. The summed E-state index contributed by atoms with van der Waals surface area (Å²) in [7, 11) is 6.24. The first kappa shape index (κ1) is 80.8. The molecule has 9 heterocycles. The summed E-state index contributed by atoms with van der Waals surface area (Å²) < 4.78 is 102. The van der Waals surface area contributed by atoms with Crippen molar-refractivity contribution in [3.05, 3.63) is 309 Å². The lowest BCUT2D eigenvalue weighted by Crippen LogP contribution is -2.61. The average Bonchev–Trinajstić information content (AvgIpc) is 1.67. The zero-order valence-corrected chi connectivity index (χ0v) is 70.1. The number of hydrogen-bond donors (Lipinski definition) is 4. The van der Waals surface area contributed by atoms with Crippen LogP contribution in [0, 0.1) is 34.6 Å². The van der Waals surface area contributed by atoms with Crippen LogP contribution in [0.15, 0.2) is 243 Å². The Labute approximate surface area is 713 Å². The molecule has 0 aromatic heterocycles. The van der Waals surface area contributed by atoms with E-state index in [1.54, 1.807) is 68.8 Å². The van der Waals surface area contributed by atoms with Gasteiger partial charge in [0, 0.05) is 98.6 Å². The fourth-order valence-electron chi connectivity index (χ4n) is 17.4. The predicted octanol–water partition coefficient (Wildman–Crippen LogP) is 22.5. The normalized spacial score (nSPS) is 16.7. The SMILES string of the molecule is CCC1Oc2cc(O)ccc2-c2ccc(C)cc21.COc1ccc2c(c1)OC(F)(F)c1cc(OC)ccc1-2.COc1ccc2c(c1)OC1(COC1)c1cc(OC)ccc1-2.Cc1cc2c(cc1C)C1(CC1)Oc1cc(O)ccc1-2.Cc1ccc2c(c1)OC1(CNC1)c1cc(O)ccc1-2.Cc1ccc2c(c1)OC1(COC1)c1cc(OCc3ccccc3)ccc1-2. The molecule has 4 fully saturated rings. The molecule has 0 amide bonds. The van der Waals surface area contributed by atoms with Crippen LogP contribution in [-0.2, 0) is 44.6 Å². The first-order chi connectivity index (χ1) is 59.5. The molecular weight excluding hydrogens is 1560 g/mol. The van der Waals surface area contributed by atoms with E-state index in [9.17, 15) is 24.1 Å². The number of aromatic hydroxyl groups is 3. The third kappa shape index (κ3) is 15.3. The second kappa shape index (κ2) is 32.3. The molecular formula is C104H95F2NO16. The summed E-state index contributed by atoms with van der Waals surface area (Å²) >= 11 is 0. The van der Waals surface area contributed by atoms with Gasteiger partial charge in [0.2, 0.25) is 0 Å². The number of phenols is 3. The molecule has 0 radical (unpaired) electrons. The number of alkyl halides is 2. The van der Waals surface area contributed by atoms with Gasteiger partial charge in [-0.15, -0.1) is 0 Å². The minimum Gasteiger partial charge on any atom is -0.508 e. The molecule has 9 aliphatic heterocycles. The highest BCUT2D eigenvalue weighted by Crippen LogP contribution is 2.59. The zero-order chi connectivity index (χ0) is 85.3. The van der Waals surface area contributed by atoms with E-state index in [-0.39, 0.29) is 45.7 Å². The third-order valence-electron chi connectivity index (χ3n) is 24.4. The van der Waals surface area contributed by atoms with Crippen LogP contribution in [0.2, 0.25) is 0 Å². The Kier molecular flexibility index (Phi) is 21.2. The van der Waals surface area contributed by atoms with E-state index in [0.29, 0.717) is 61.4 Å². The molecule has 1 saturated carbocycles. The number of nitrogens with one attached hydrogen (secondary N) is 1. The van der Waals surface area contributed by atoms with Gasteiger partial charge in [0.25, 0.3) is 0 Å². The van der Waals surface area contributed by atoms with Crippen molar-refractivity contribution < 1.29 is 85.7 Å². The molecule has 13 aromatic carbocycles. The van der Waals surface area contributed by atoms with Crippen LogP contribution in [0.25, 0.3) is 66.8 Å². The van der Waals surface area contributed by atoms with E-state index in [1.807, 2.05) is 78.9 Å². The maximum atomic E-state index is 14.1. The standard InChI is InChI=1S/C23H20O3.C17H16O4.C17H16O2.C16H15NO2.C16H16O2.C15H12F2O3/c1-16-7-9-20-19-10-8-18(25-13-17-5-3-2-4-6-17)12-21(19)23(14-24-15-23)26-22(20)11-16;1-18-11-3-5-13-14-6-4-12(19-2)8-16(14)21-17(9-20-10-17)15(13)7-11;1-10-7-14-13-4-3-12(18)9-16(13)19-17(5-6-17)15(14)8-11(10)2;1-10-2-4-13-12-5-3-11(18)7-14(12)16(8-17-9-16)19-15(13)6-10;1-3-15-14-8-10(2)4-6-12(14)13-7-5-11(17)9-16(13)18-15;1-18-9-3-5-11-12-6-4-10(19-2)8-14(12)20-15(16,17)13(11)7-9/h2-12H,13-15H2,1H3;3-8H,9-10H2,1-2H3;3-4,7-9,18H,5-6H2,1-2H3;2-7,17-18H,8-9H2,1H3;4-9,15,17H,3H2,1-2H3;3-8H,1-2H3. The van der Waals surface area contributed by atoms with Crippen molar-refractivity contribution in [3.8, 4) is 147 Å². The Morgan fingerprint density at radius 3 is 1.24 bits per heavy atom. The molecule has 4 N–H and O–H groups in total. The summed E-state index contributed by atoms with van der Waals surface area (Å²) in [6, 6.07) is 77.9. The third-order valence-corrected chi connectivity index (χ3v) is 24.4. The lowest BCUT2D eigenvalue weighted by Gasteiger charge is -2.46. The summed E-state index contributed by atoms with van der Waals surface area (Å²) in [5.74, 6) is 8.55. The van der Waals surface area contributed by atoms with Gasteiger partial charge in [-0.1, -0.05) is 116 Å². The minimum absolute atomic E-state index is 0.0780. The number of aryl methyl sites for hydroxylation is 5. The molecule has 3 saturated heterocycles. The van der Waals surface area contributed by atoms with E-state index in [2.05, 4.69) is 144 Å². The van der Waals surface area contributed by atoms with E-state index < -0.39 is 11.7 Å². The fraction of sp³-hybridized carbons (Fsp3) is 0.250. The summed E-state index contributed by atoms with van der Waals surface area (Å²) in [5.41, 5.74) is 24.5. The van der Waals surface area contributed by atoms with Crippen molar-refractivity contribution in [2.75, 3.05) is 68.0 Å². The smallest absolute Gasteiger partial charge is 0.427 e. The minimum atomic E-state index is -3.40. The largest absolute Gasteiger partial charge is 0.508 e. The monoisotopic (exact) mass is 1650 g/mol. The number of benzene rings is 13. The first-order valence-electron chi connectivity index (χ1n) is 41.4. The first-order valence-corrected chi connectivity index (χ1v) is 41.4. The van der Waals surface area contributed by atoms with Gasteiger partial charge in [0.05, 0.1) is 60.4 Å². The number of ether oxygens (including phenoxy) is 13. The molecule has 4 spiro atoms. The van der Waals surface area contributed by atoms with Gasteiger partial charge in [0.1, 0.15) is 98.8 Å². The Hall–Kier alpha value is -13.2. The molecule has 19 heteroatoms. The van der Waals surface area contributed by atoms with E-state index >= 15 is 0 Å². The topological polar surface area (TPSA) is 193 Å². The predicted molar refractivity (Wildman–Crippen MR) is 468 cm³/mol. The molecule has 13 aromatic rings. The second-order valence-electron chi connectivity index (χ2n) is 32.8. The number of fused-ring (bicyclic) bond motifs is 22. The van der Waals surface area contributed by atoms with Crippen LogP contribution in [0.5, 0.6) is 80.5 Å². The highest BCUT2D eigenvalue weighted by Gasteiger charge is 2.53. The molecule has 1 aliphatic carbocycles. The van der Waals surface area contributed by atoms with Crippen molar-refractivity contribution in [3.63, 3.8) is 0 Å². The quantitative estimate of drug-likeness (QED) is 0.112. The summed E-state index contributed by atoms with van der Waals surface area (Å²) in [5, 5.41) is 32.2. The Bertz CT molecular complexity index is 6240. The number of hydrogen-bond acceptors (Lipinski definition) is 17. The number of methoxy groups -OCH3 is 4. The second-order valence-corrected chi connectivity index (χ2v) is 32.8. The summed E-state index contributed by atoms with van der Waals surface area (Å²) in [4.78, 5) is 0. The van der Waals surface area contributed by atoms with Gasteiger partial charge >= 0.3 is 6.11 Å². The van der Waals surface area contributed by atoms with Crippen LogP contribution in [0.4, 0.5) is 8.78 Å². The number of rotatable bonds is 8. The van der Waals surface area contributed by atoms with Crippen molar-refractivity contribution in [2.45, 2.75) is 102 Å². The molecule has 123 heavy (non-hydrogen) atoms. The van der Waals surface area contributed by atoms with Crippen LogP contribution in [0.3, 0.4) is 0 Å². The summed E-state index contributed by atoms with van der Waals surface area (Å²) in [6.07, 6.45) is -0.265. The highest BCUT2D eigenvalue weighted by molar-refractivity contribution is 5.84. The van der Waals surface area contributed by atoms with Crippen LogP contribution in [0.1, 0.15) is 99.1 Å². The molecule has 23 rings (SSSR count). The van der Waals surface area contributed by atoms with Crippen molar-refractivity contribution >= 4 is 0 Å². The number of halogens is 2. The van der Waals surface area contributed by atoms with Gasteiger partial charge in [-0.25, -0.2) is 0 Å². The molecule has 10 aliphatic rings. The maximum Gasteiger partial charge on any atom is 0.427 e. The van der Waals surface area contributed by atoms with Gasteiger partial charge < -0.3 is 82.2 Å². The van der Waals surface area contributed by atoms with E-state index in [4.69, 9.17) is 61.6 Å². The van der Waals surface area contributed by atoms with Crippen LogP contribution >= 0.6 is 0 Å². The van der Waals surface area contributed by atoms with Crippen molar-refractivity contribution in [1.29, 1.82) is 0 Å². The van der Waals surface area contributed by atoms with Crippen molar-refractivity contribution in [1.82, 2.24) is 5.32 Å². The lowest BCUT2D eigenvalue weighted by atomic mass is 9.80. The van der Waals surface area contributed by atoms with E-state index in [1.165, 1.54) is 93.1 Å². The maximum absolute atomic E-state index is 14.1. The number of phenolic OH excluding ortho intramolecular Hbond substituents is 3. The molecule has 0 bridgehead atoms. The van der Waals surface area contributed by atoms with Gasteiger partial charge in [-0.2, -0.15) is 8.78 Å². The average molecular weight is 1650 g/mol. The summed E-state index contributed by atoms with van der Waals surface area (Å²) in [6.45, 7) is 17.1. The van der Waals surface area contributed by atoms with Crippen molar-refractivity contribution in [2.24, 2.45) is 0 Å².